The highest BCUT2D eigenvalue weighted by molar-refractivity contribution is 7.99. The Balaban J connectivity index is 1.68. The normalized spacial score (nSPS) is 16.2. The highest BCUT2D eigenvalue weighted by atomic mass is 35.5. The lowest BCUT2D eigenvalue weighted by Crippen LogP contribution is -2.39. The van der Waals surface area contributed by atoms with Crippen LogP contribution in [0.1, 0.15) is 24.3 Å². The monoisotopic (exact) mass is 449 g/mol. The molecule has 0 bridgehead atoms. The predicted octanol–water partition coefficient (Wildman–Crippen LogP) is 6.34. The quantitative estimate of drug-likeness (QED) is 0.544. The SMILES string of the molecule is O=C(ON1CCC(c2ccccc2Sc2ccc(Cl)cc2Cl)CC1)C(F)(F)F. The van der Waals surface area contributed by atoms with Crippen molar-refractivity contribution in [3.05, 3.63) is 58.1 Å². The predicted molar refractivity (Wildman–Crippen MR) is 103 cm³/mol. The molecule has 0 aromatic heterocycles. The summed E-state index contributed by atoms with van der Waals surface area (Å²) in [6, 6.07) is 13.2. The molecule has 2 aromatic rings. The molecule has 0 N–H and O–H groups in total. The molecule has 1 heterocycles. The number of hydrogen-bond donors (Lipinski definition) is 0. The van der Waals surface area contributed by atoms with Gasteiger partial charge in [0.2, 0.25) is 0 Å². The molecule has 1 aliphatic heterocycles. The second-order valence-corrected chi connectivity index (χ2v) is 8.22. The fraction of sp³-hybridized carbons (Fsp3) is 0.316. The molecule has 1 aliphatic rings. The third-order valence-corrected chi connectivity index (χ3v) is 6.20. The molecule has 150 valence electrons. The van der Waals surface area contributed by atoms with Gasteiger partial charge < -0.3 is 4.84 Å². The van der Waals surface area contributed by atoms with Gasteiger partial charge in [0.25, 0.3) is 0 Å². The topological polar surface area (TPSA) is 29.5 Å². The first-order chi connectivity index (χ1) is 13.2. The van der Waals surface area contributed by atoms with Gasteiger partial charge in [0, 0.05) is 27.9 Å². The molecular weight excluding hydrogens is 434 g/mol. The molecule has 0 saturated carbocycles. The number of hydroxylamine groups is 2. The molecule has 3 nitrogen and oxygen atoms in total. The first kappa shape index (κ1) is 21.3. The van der Waals surface area contributed by atoms with E-state index >= 15 is 0 Å². The van der Waals surface area contributed by atoms with Crippen molar-refractivity contribution in [1.29, 1.82) is 0 Å². The van der Waals surface area contributed by atoms with Crippen LogP contribution in [-0.4, -0.2) is 30.3 Å². The minimum atomic E-state index is -4.99. The lowest BCUT2D eigenvalue weighted by Gasteiger charge is -2.31. The molecule has 0 spiro atoms. The molecule has 28 heavy (non-hydrogen) atoms. The number of hydrogen-bond acceptors (Lipinski definition) is 4. The summed E-state index contributed by atoms with van der Waals surface area (Å²) in [7, 11) is 0. The molecule has 2 aromatic carbocycles. The molecule has 1 fully saturated rings. The van der Waals surface area contributed by atoms with Gasteiger partial charge in [0.05, 0.1) is 5.02 Å². The minimum absolute atomic E-state index is 0.149. The lowest BCUT2D eigenvalue weighted by atomic mass is 9.90. The molecular formula is C19H16Cl2F3NO2S. The van der Waals surface area contributed by atoms with Crippen molar-refractivity contribution >= 4 is 40.9 Å². The smallest absolute Gasteiger partial charge is 0.361 e. The van der Waals surface area contributed by atoms with Crippen LogP contribution < -0.4 is 0 Å². The number of carbonyl (C=O) groups excluding carboxylic acids is 1. The molecule has 0 radical (unpaired) electrons. The van der Waals surface area contributed by atoms with Crippen LogP contribution in [0.25, 0.3) is 0 Å². The molecule has 0 amide bonds. The first-order valence-electron chi connectivity index (χ1n) is 8.50. The van der Waals surface area contributed by atoms with Crippen molar-refractivity contribution in [3.8, 4) is 0 Å². The van der Waals surface area contributed by atoms with E-state index in [-0.39, 0.29) is 19.0 Å². The maximum atomic E-state index is 12.3. The number of nitrogens with zero attached hydrogens (tertiary/aromatic N) is 1. The van der Waals surface area contributed by atoms with E-state index in [1.807, 2.05) is 30.3 Å². The third-order valence-electron chi connectivity index (χ3n) is 4.37. The summed E-state index contributed by atoms with van der Waals surface area (Å²) in [6.07, 6.45) is -3.83. The van der Waals surface area contributed by atoms with Gasteiger partial charge in [-0.3, -0.25) is 0 Å². The number of rotatable bonds is 4. The van der Waals surface area contributed by atoms with E-state index < -0.39 is 12.1 Å². The Labute approximate surface area is 174 Å². The maximum absolute atomic E-state index is 12.3. The standard InChI is InChI=1S/C19H16Cl2F3NO2S/c20-13-5-6-17(15(21)11-13)28-16-4-2-1-3-14(16)12-7-9-25(10-8-12)27-18(26)19(22,23)24/h1-6,11-12H,7-10H2. The zero-order chi connectivity index (χ0) is 20.3. The number of carbonyl (C=O) groups is 1. The van der Waals surface area contributed by atoms with Crippen molar-refractivity contribution in [2.75, 3.05) is 13.1 Å². The number of piperidine rings is 1. The van der Waals surface area contributed by atoms with Crippen LogP contribution >= 0.6 is 35.0 Å². The number of benzene rings is 2. The largest absolute Gasteiger partial charge is 0.492 e. The Morgan fingerprint density at radius 1 is 1.07 bits per heavy atom. The van der Waals surface area contributed by atoms with Gasteiger partial charge in [0.15, 0.2) is 0 Å². The van der Waals surface area contributed by atoms with Gasteiger partial charge in [-0.25, -0.2) is 4.79 Å². The average molecular weight is 450 g/mol. The molecule has 0 aliphatic carbocycles. The van der Waals surface area contributed by atoms with Crippen LogP contribution in [0.15, 0.2) is 52.3 Å². The van der Waals surface area contributed by atoms with E-state index in [0.29, 0.717) is 22.9 Å². The highest BCUT2D eigenvalue weighted by Gasteiger charge is 2.43. The summed E-state index contributed by atoms with van der Waals surface area (Å²) < 4.78 is 37.0. The third kappa shape index (κ3) is 5.35. The van der Waals surface area contributed by atoms with E-state index in [1.165, 1.54) is 11.8 Å². The summed E-state index contributed by atoms with van der Waals surface area (Å²) >= 11 is 13.7. The molecule has 0 unspecified atom stereocenters. The molecule has 1 saturated heterocycles. The van der Waals surface area contributed by atoms with E-state index in [2.05, 4.69) is 4.84 Å². The van der Waals surface area contributed by atoms with Crippen LogP contribution in [0.3, 0.4) is 0 Å². The molecule has 9 heteroatoms. The van der Waals surface area contributed by atoms with Gasteiger partial charge in [-0.2, -0.15) is 13.2 Å². The minimum Gasteiger partial charge on any atom is -0.361 e. The summed E-state index contributed by atoms with van der Waals surface area (Å²) in [5, 5.41) is 2.20. The lowest BCUT2D eigenvalue weighted by molar-refractivity contribution is -0.241. The van der Waals surface area contributed by atoms with Gasteiger partial charge in [-0.05, 0) is 48.6 Å². The van der Waals surface area contributed by atoms with Crippen LogP contribution in [-0.2, 0) is 9.63 Å². The molecule has 0 atom stereocenters. The Hall–Kier alpha value is -1.41. The zero-order valence-electron chi connectivity index (χ0n) is 14.5. The Kier molecular flexibility index (Phi) is 6.81. The van der Waals surface area contributed by atoms with Gasteiger partial charge in [0.1, 0.15) is 0 Å². The zero-order valence-corrected chi connectivity index (χ0v) is 16.8. The van der Waals surface area contributed by atoms with E-state index in [4.69, 9.17) is 23.2 Å². The second-order valence-electron chi connectivity index (χ2n) is 6.29. The van der Waals surface area contributed by atoms with Crippen LogP contribution in [0.5, 0.6) is 0 Å². The molecule has 3 rings (SSSR count). The van der Waals surface area contributed by atoms with Crippen LogP contribution in [0.4, 0.5) is 13.2 Å². The Morgan fingerprint density at radius 3 is 2.39 bits per heavy atom. The van der Waals surface area contributed by atoms with Gasteiger partial charge in [-0.15, -0.1) is 5.06 Å². The number of halogens is 5. The van der Waals surface area contributed by atoms with Crippen molar-refractivity contribution in [3.63, 3.8) is 0 Å². The van der Waals surface area contributed by atoms with Crippen molar-refractivity contribution < 1.29 is 22.8 Å². The van der Waals surface area contributed by atoms with Crippen molar-refractivity contribution in [2.45, 2.75) is 34.7 Å². The highest BCUT2D eigenvalue weighted by Crippen LogP contribution is 2.40. The van der Waals surface area contributed by atoms with Crippen LogP contribution in [0, 0.1) is 0 Å². The Bertz CT molecular complexity index is 855. The van der Waals surface area contributed by atoms with E-state index in [0.717, 1.165) is 20.4 Å². The maximum Gasteiger partial charge on any atom is 0.492 e. The summed E-state index contributed by atoms with van der Waals surface area (Å²) in [5.41, 5.74) is 1.10. The fourth-order valence-electron chi connectivity index (χ4n) is 3.01. The second kappa shape index (κ2) is 8.95. The van der Waals surface area contributed by atoms with Gasteiger partial charge >= 0.3 is 12.1 Å². The van der Waals surface area contributed by atoms with Crippen LogP contribution in [0.2, 0.25) is 10.0 Å². The number of alkyl halides is 3. The Morgan fingerprint density at radius 2 is 1.75 bits per heavy atom. The van der Waals surface area contributed by atoms with Gasteiger partial charge in [-0.1, -0.05) is 53.2 Å². The summed E-state index contributed by atoms with van der Waals surface area (Å²) in [6.45, 7) is 0.486. The van der Waals surface area contributed by atoms with Crippen molar-refractivity contribution in [1.82, 2.24) is 5.06 Å². The van der Waals surface area contributed by atoms with E-state index in [9.17, 15) is 18.0 Å². The summed E-state index contributed by atoms with van der Waals surface area (Å²) in [4.78, 5) is 17.3. The summed E-state index contributed by atoms with van der Waals surface area (Å²) in [5.74, 6) is -2.03. The fourth-order valence-corrected chi connectivity index (χ4v) is 4.57. The first-order valence-corrected chi connectivity index (χ1v) is 10.1. The van der Waals surface area contributed by atoms with E-state index in [1.54, 1.807) is 12.1 Å². The van der Waals surface area contributed by atoms with Crippen molar-refractivity contribution in [2.24, 2.45) is 0 Å². The average Bonchev–Trinajstić information content (AvgIpc) is 2.64.